The van der Waals surface area contributed by atoms with E-state index in [-0.39, 0.29) is 11.9 Å². The molecule has 35 heavy (non-hydrogen) atoms. The molecule has 0 unspecified atom stereocenters. The predicted molar refractivity (Wildman–Crippen MR) is 137 cm³/mol. The summed E-state index contributed by atoms with van der Waals surface area (Å²) in [5.74, 6) is -0.0737. The minimum Gasteiger partial charge on any atom is -0.383 e. The van der Waals surface area contributed by atoms with Crippen molar-refractivity contribution in [3.05, 3.63) is 71.0 Å². The molecule has 0 aliphatic carbocycles. The Hall–Kier alpha value is -2.74. The van der Waals surface area contributed by atoms with Crippen molar-refractivity contribution in [3.63, 3.8) is 0 Å². The Morgan fingerprint density at radius 3 is 2.57 bits per heavy atom. The molecule has 0 radical (unpaired) electrons. The summed E-state index contributed by atoms with van der Waals surface area (Å²) in [6, 6.07) is 13.7. The highest BCUT2D eigenvalue weighted by molar-refractivity contribution is 6.31. The summed E-state index contributed by atoms with van der Waals surface area (Å²) in [5, 5.41) is 0.759. The van der Waals surface area contributed by atoms with Crippen LogP contribution < -0.4 is 0 Å². The largest absolute Gasteiger partial charge is 0.383 e. The number of aromatic nitrogens is 1. The molecule has 7 nitrogen and oxygen atoms in total. The number of aryl methyl sites for hydroxylation is 1. The molecule has 0 saturated carbocycles. The summed E-state index contributed by atoms with van der Waals surface area (Å²) in [5.41, 5.74) is 1.37. The molecular formula is C27H33ClN4O3. The minimum atomic E-state index is -0.796. The zero-order chi connectivity index (χ0) is 24.7. The zero-order valence-electron chi connectivity index (χ0n) is 20.2. The predicted octanol–water partition coefficient (Wildman–Crippen LogP) is 4.04. The van der Waals surface area contributed by atoms with E-state index in [1.54, 1.807) is 18.2 Å². The molecule has 0 N–H and O–H groups in total. The molecule has 186 valence electrons. The van der Waals surface area contributed by atoms with Crippen molar-refractivity contribution in [1.29, 1.82) is 0 Å². The Labute approximate surface area is 212 Å². The molecule has 2 fully saturated rings. The summed E-state index contributed by atoms with van der Waals surface area (Å²) >= 11 is 6.54. The molecule has 1 spiro atoms. The molecule has 3 heterocycles. The quantitative estimate of drug-likeness (QED) is 0.464. The number of likely N-dealkylation sites (tertiary alicyclic amines) is 1. The van der Waals surface area contributed by atoms with Crippen LogP contribution in [0.1, 0.15) is 30.4 Å². The number of carbonyl (C=O) groups is 2. The van der Waals surface area contributed by atoms with Crippen molar-refractivity contribution in [3.8, 4) is 0 Å². The third kappa shape index (κ3) is 5.92. The fraction of sp³-hybridized carbons (Fsp3) is 0.444. The first kappa shape index (κ1) is 25.4. The lowest BCUT2D eigenvalue weighted by Gasteiger charge is -2.42. The fourth-order valence-electron chi connectivity index (χ4n) is 5.01. The highest BCUT2D eigenvalue weighted by Crippen LogP contribution is 2.37. The van der Waals surface area contributed by atoms with Gasteiger partial charge in [-0.1, -0.05) is 48.0 Å². The number of methoxy groups -OCH3 is 1. The van der Waals surface area contributed by atoms with Gasteiger partial charge in [-0.3, -0.25) is 19.6 Å². The van der Waals surface area contributed by atoms with E-state index in [9.17, 15) is 9.59 Å². The first-order chi connectivity index (χ1) is 17.0. The van der Waals surface area contributed by atoms with Crippen molar-refractivity contribution in [2.75, 3.05) is 46.4 Å². The van der Waals surface area contributed by atoms with Crippen LogP contribution >= 0.6 is 11.6 Å². The number of amides is 3. The standard InChI is InChI=1S/C27H33ClN4O3/c1-35-18-17-32-26(34)31(14-6-10-23-9-5-13-29-20-23)25(33)27(32)11-15-30(16-12-27)21-24(28)19-22-7-3-2-4-8-22/h2-5,7-9,13,19-20H,6,10-12,14-18,21H2,1H3/b24-19-. The molecule has 0 bridgehead atoms. The summed E-state index contributed by atoms with van der Waals surface area (Å²) in [6.07, 6.45) is 8.22. The van der Waals surface area contributed by atoms with E-state index in [0.29, 0.717) is 58.6 Å². The topological polar surface area (TPSA) is 66.0 Å². The second-order valence-corrected chi connectivity index (χ2v) is 9.64. The number of ether oxygens (including phenoxy) is 1. The molecule has 2 aliphatic rings. The average Bonchev–Trinajstić information content (AvgIpc) is 3.06. The van der Waals surface area contributed by atoms with Crippen molar-refractivity contribution >= 4 is 29.6 Å². The Bertz CT molecular complexity index is 1020. The number of piperidine rings is 1. The van der Waals surface area contributed by atoms with Gasteiger partial charge < -0.3 is 9.64 Å². The van der Waals surface area contributed by atoms with E-state index in [4.69, 9.17) is 16.3 Å². The summed E-state index contributed by atoms with van der Waals surface area (Å²) in [6.45, 7) is 3.25. The maximum absolute atomic E-state index is 13.6. The summed E-state index contributed by atoms with van der Waals surface area (Å²) in [4.78, 5) is 36.5. The van der Waals surface area contributed by atoms with Crippen LogP contribution in [0.15, 0.2) is 59.9 Å². The maximum Gasteiger partial charge on any atom is 0.327 e. The number of nitrogens with zero attached hydrogens (tertiary/aromatic N) is 4. The summed E-state index contributed by atoms with van der Waals surface area (Å²) < 4.78 is 5.26. The molecular weight excluding hydrogens is 464 g/mol. The first-order valence-electron chi connectivity index (χ1n) is 12.2. The van der Waals surface area contributed by atoms with E-state index in [0.717, 1.165) is 22.6 Å². The van der Waals surface area contributed by atoms with E-state index in [2.05, 4.69) is 9.88 Å². The van der Waals surface area contributed by atoms with Crippen LogP contribution in [-0.4, -0.2) is 83.6 Å². The van der Waals surface area contributed by atoms with Gasteiger partial charge in [0.25, 0.3) is 5.91 Å². The number of benzene rings is 1. The van der Waals surface area contributed by atoms with Crippen LogP contribution in [0.25, 0.3) is 6.08 Å². The molecule has 2 aromatic rings. The molecule has 1 aromatic heterocycles. The van der Waals surface area contributed by atoms with Gasteiger partial charge in [-0.25, -0.2) is 4.79 Å². The van der Waals surface area contributed by atoms with Gasteiger partial charge >= 0.3 is 6.03 Å². The number of carbonyl (C=O) groups excluding carboxylic acids is 2. The minimum absolute atomic E-state index is 0.0737. The Morgan fingerprint density at radius 1 is 1.11 bits per heavy atom. The second kappa shape index (κ2) is 11.8. The van der Waals surface area contributed by atoms with Crippen molar-refractivity contribution in [2.45, 2.75) is 31.2 Å². The van der Waals surface area contributed by atoms with Crippen LogP contribution in [0.3, 0.4) is 0 Å². The third-order valence-electron chi connectivity index (χ3n) is 6.89. The van der Waals surface area contributed by atoms with E-state index in [1.807, 2.05) is 54.7 Å². The highest BCUT2D eigenvalue weighted by atomic mass is 35.5. The monoisotopic (exact) mass is 496 g/mol. The lowest BCUT2D eigenvalue weighted by Crippen LogP contribution is -2.57. The Morgan fingerprint density at radius 2 is 1.89 bits per heavy atom. The Kier molecular flexibility index (Phi) is 8.55. The molecule has 2 saturated heterocycles. The number of imide groups is 1. The second-order valence-electron chi connectivity index (χ2n) is 9.16. The van der Waals surface area contributed by atoms with Crippen LogP contribution in [0.4, 0.5) is 4.79 Å². The lowest BCUT2D eigenvalue weighted by molar-refractivity contribution is -0.135. The van der Waals surface area contributed by atoms with Crippen LogP contribution in [0.5, 0.6) is 0 Å². The third-order valence-corrected chi connectivity index (χ3v) is 7.12. The fourth-order valence-corrected chi connectivity index (χ4v) is 5.31. The van der Waals surface area contributed by atoms with Gasteiger partial charge in [-0.05, 0) is 49.0 Å². The average molecular weight is 497 g/mol. The van der Waals surface area contributed by atoms with Crippen LogP contribution in [0, 0.1) is 0 Å². The molecule has 4 rings (SSSR count). The van der Waals surface area contributed by atoms with E-state index >= 15 is 0 Å². The van der Waals surface area contributed by atoms with Crippen LogP contribution in [0.2, 0.25) is 0 Å². The van der Waals surface area contributed by atoms with Gasteiger partial charge in [0.1, 0.15) is 5.54 Å². The molecule has 8 heteroatoms. The van der Waals surface area contributed by atoms with Gasteiger partial charge in [0.05, 0.1) is 6.61 Å². The molecule has 3 amide bonds. The number of rotatable bonds is 10. The number of halogens is 1. The molecule has 2 aliphatic heterocycles. The van der Waals surface area contributed by atoms with E-state index < -0.39 is 5.54 Å². The lowest BCUT2D eigenvalue weighted by atomic mass is 9.85. The normalized spacial score (nSPS) is 18.6. The van der Waals surface area contributed by atoms with Gasteiger partial charge in [0.15, 0.2) is 0 Å². The van der Waals surface area contributed by atoms with Crippen LogP contribution in [-0.2, 0) is 16.0 Å². The molecule has 1 aromatic carbocycles. The SMILES string of the molecule is COCCN1C(=O)N(CCCc2cccnc2)C(=O)C12CCN(C/C(Cl)=C/c1ccccc1)CC2. The van der Waals surface area contributed by atoms with E-state index in [1.165, 1.54) is 4.90 Å². The van der Waals surface area contributed by atoms with Gasteiger partial charge in [-0.2, -0.15) is 0 Å². The number of hydrogen-bond acceptors (Lipinski definition) is 5. The zero-order valence-corrected chi connectivity index (χ0v) is 21.0. The number of urea groups is 1. The van der Waals surface area contributed by atoms with Gasteiger partial charge in [0, 0.05) is 57.3 Å². The van der Waals surface area contributed by atoms with Crippen molar-refractivity contribution in [1.82, 2.24) is 19.7 Å². The molecule has 0 atom stereocenters. The summed E-state index contributed by atoms with van der Waals surface area (Å²) in [7, 11) is 1.62. The number of hydrogen-bond donors (Lipinski definition) is 0. The van der Waals surface area contributed by atoms with Crippen molar-refractivity contribution < 1.29 is 14.3 Å². The van der Waals surface area contributed by atoms with Crippen molar-refractivity contribution in [2.24, 2.45) is 0 Å². The number of pyridine rings is 1. The van der Waals surface area contributed by atoms with Gasteiger partial charge in [-0.15, -0.1) is 0 Å². The highest BCUT2D eigenvalue weighted by Gasteiger charge is 2.57. The van der Waals surface area contributed by atoms with Gasteiger partial charge in [0.2, 0.25) is 0 Å². The first-order valence-corrected chi connectivity index (χ1v) is 12.6. The maximum atomic E-state index is 13.6. The smallest absolute Gasteiger partial charge is 0.327 e. The Balaban J connectivity index is 1.40.